The lowest BCUT2D eigenvalue weighted by Gasteiger charge is -2.35. The number of ketones is 1. The van der Waals surface area contributed by atoms with Gasteiger partial charge in [-0.3, -0.25) is 4.79 Å². The molecule has 0 aromatic carbocycles. The average molecular weight is 207 g/mol. The van der Waals surface area contributed by atoms with E-state index in [2.05, 4.69) is 18.5 Å². The third kappa shape index (κ3) is 2.15. The molecular formula is C13H21NO. The number of carbonyl (C=O) groups excluding carboxylic acids is 1. The molecule has 2 aliphatic rings. The van der Waals surface area contributed by atoms with Crippen LogP contribution in [-0.4, -0.2) is 29.8 Å². The average Bonchev–Trinajstić information content (AvgIpc) is 2.49. The van der Waals surface area contributed by atoms with Gasteiger partial charge in [0.05, 0.1) is 0 Å². The molecule has 2 heterocycles. The van der Waals surface area contributed by atoms with E-state index < -0.39 is 0 Å². The normalized spacial score (nSPS) is 35.4. The summed E-state index contributed by atoms with van der Waals surface area (Å²) in [6.07, 6.45) is 8.20. The van der Waals surface area contributed by atoms with Gasteiger partial charge in [-0.05, 0) is 39.2 Å². The van der Waals surface area contributed by atoms with Crippen LogP contribution in [0.25, 0.3) is 0 Å². The molecule has 0 aliphatic carbocycles. The highest BCUT2D eigenvalue weighted by atomic mass is 16.1. The van der Waals surface area contributed by atoms with E-state index in [4.69, 9.17) is 0 Å². The van der Waals surface area contributed by atoms with Gasteiger partial charge in [0, 0.05) is 24.4 Å². The van der Waals surface area contributed by atoms with Crippen LogP contribution in [0.2, 0.25) is 0 Å². The van der Waals surface area contributed by atoms with Crippen LogP contribution in [0, 0.1) is 5.92 Å². The summed E-state index contributed by atoms with van der Waals surface area (Å²) < 4.78 is 0. The summed E-state index contributed by atoms with van der Waals surface area (Å²) in [4.78, 5) is 14.4. The maximum atomic E-state index is 11.9. The van der Waals surface area contributed by atoms with E-state index in [0.717, 1.165) is 19.3 Å². The maximum Gasteiger partial charge on any atom is 0.136 e. The summed E-state index contributed by atoms with van der Waals surface area (Å²) in [6.45, 7) is 3.67. The molecule has 0 spiro atoms. The van der Waals surface area contributed by atoms with Crippen LogP contribution >= 0.6 is 0 Å². The van der Waals surface area contributed by atoms with Crippen molar-refractivity contribution in [1.82, 2.24) is 4.90 Å². The van der Waals surface area contributed by atoms with Crippen molar-refractivity contribution < 1.29 is 4.79 Å². The quantitative estimate of drug-likeness (QED) is 0.660. The number of hydrogen-bond donors (Lipinski definition) is 0. The van der Waals surface area contributed by atoms with Crippen LogP contribution < -0.4 is 0 Å². The molecule has 0 aromatic heterocycles. The Bertz CT molecular complexity index is 247. The van der Waals surface area contributed by atoms with Gasteiger partial charge in [0.1, 0.15) is 5.78 Å². The molecule has 2 saturated heterocycles. The molecule has 2 heteroatoms. The smallest absolute Gasteiger partial charge is 0.136 e. The Balaban J connectivity index is 1.90. The summed E-state index contributed by atoms with van der Waals surface area (Å²) in [5.74, 6) is 0.818. The fraction of sp³-hybridized carbons (Fsp3) is 0.769. The molecule has 0 amide bonds. The number of carbonyl (C=O) groups is 1. The summed E-state index contributed by atoms with van der Waals surface area (Å²) in [6, 6.07) is 1.36. The topological polar surface area (TPSA) is 20.3 Å². The molecule has 15 heavy (non-hydrogen) atoms. The second-order valence-electron chi connectivity index (χ2n) is 5.01. The molecule has 2 nitrogen and oxygen atoms in total. The van der Waals surface area contributed by atoms with Gasteiger partial charge in [-0.25, -0.2) is 0 Å². The predicted molar refractivity (Wildman–Crippen MR) is 61.7 cm³/mol. The largest absolute Gasteiger partial charge is 0.300 e. The molecule has 0 saturated carbocycles. The van der Waals surface area contributed by atoms with Gasteiger partial charge in [0.15, 0.2) is 0 Å². The molecule has 2 aliphatic heterocycles. The lowest BCUT2D eigenvalue weighted by molar-refractivity contribution is -0.125. The summed E-state index contributed by atoms with van der Waals surface area (Å²) >= 11 is 0. The Kier molecular flexibility index (Phi) is 3.25. The van der Waals surface area contributed by atoms with Crippen LogP contribution in [-0.2, 0) is 4.79 Å². The molecule has 0 radical (unpaired) electrons. The second kappa shape index (κ2) is 4.48. The van der Waals surface area contributed by atoms with Crippen LogP contribution in [0.1, 0.15) is 38.5 Å². The highest BCUT2D eigenvalue weighted by Crippen LogP contribution is 2.38. The SMILES string of the molecule is C=CCCC(=O)C1CC2CCC(C1)N2C. The lowest BCUT2D eigenvalue weighted by atomic mass is 9.86. The molecular weight excluding hydrogens is 186 g/mol. The van der Waals surface area contributed by atoms with Crippen molar-refractivity contribution in [2.75, 3.05) is 7.05 Å². The summed E-state index contributed by atoms with van der Waals surface area (Å²) in [5.41, 5.74) is 0. The first-order valence-corrected chi connectivity index (χ1v) is 6.08. The highest BCUT2D eigenvalue weighted by molar-refractivity contribution is 5.81. The van der Waals surface area contributed by atoms with Crippen molar-refractivity contribution in [1.29, 1.82) is 0 Å². The first-order valence-electron chi connectivity index (χ1n) is 6.08. The van der Waals surface area contributed by atoms with Crippen molar-refractivity contribution in [3.05, 3.63) is 12.7 Å². The second-order valence-corrected chi connectivity index (χ2v) is 5.01. The molecule has 2 fully saturated rings. The molecule has 0 aromatic rings. The van der Waals surface area contributed by atoms with Crippen LogP contribution in [0.4, 0.5) is 0 Å². The van der Waals surface area contributed by atoms with Crippen molar-refractivity contribution in [2.24, 2.45) is 5.92 Å². The third-order valence-corrected chi connectivity index (χ3v) is 4.15. The van der Waals surface area contributed by atoms with E-state index in [9.17, 15) is 4.79 Å². The van der Waals surface area contributed by atoms with Crippen molar-refractivity contribution >= 4 is 5.78 Å². The first kappa shape index (κ1) is 10.9. The van der Waals surface area contributed by atoms with Gasteiger partial charge in [-0.1, -0.05) is 6.08 Å². The standard InChI is InChI=1S/C13H21NO/c1-3-4-5-13(15)10-8-11-6-7-12(9-10)14(11)2/h3,10-12H,1,4-9H2,2H3. The zero-order valence-corrected chi connectivity index (χ0v) is 9.61. The Morgan fingerprint density at radius 2 is 2.00 bits per heavy atom. The summed E-state index contributed by atoms with van der Waals surface area (Å²) in [7, 11) is 2.22. The maximum absolute atomic E-state index is 11.9. The van der Waals surface area contributed by atoms with Crippen LogP contribution in [0.5, 0.6) is 0 Å². The molecule has 2 rings (SSSR count). The van der Waals surface area contributed by atoms with E-state index in [1.165, 1.54) is 12.8 Å². The third-order valence-electron chi connectivity index (χ3n) is 4.15. The molecule has 0 N–H and O–H groups in total. The van der Waals surface area contributed by atoms with Gasteiger partial charge in [0.2, 0.25) is 0 Å². The Morgan fingerprint density at radius 1 is 1.40 bits per heavy atom. The highest BCUT2D eigenvalue weighted by Gasteiger charge is 2.40. The zero-order valence-electron chi connectivity index (χ0n) is 9.61. The van der Waals surface area contributed by atoms with Crippen molar-refractivity contribution in [2.45, 2.75) is 50.6 Å². The minimum atomic E-state index is 0.346. The minimum Gasteiger partial charge on any atom is -0.300 e. The monoisotopic (exact) mass is 207 g/mol. The van der Waals surface area contributed by atoms with Gasteiger partial charge >= 0.3 is 0 Å². The molecule has 2 bridgehead atoms. The Labute approximate surface area is 92.3 Å². The number of allylic oxidation sites excluding steroid dienone is 1. The first-order chi connectivity index (χ1) is 7.22. The van der Waals surface area contributed by atoms with E-state index in [1.807, 2.05) is 6.08 Å². The van der Waals surface area contributed by atoms with Gasteiger partial charge < -0.3 is 4.90 Å². The van der Waals surface area contributed by atoms with Gasteiger partial charge in [-0.15, -0.1) is 6.58 Å². The number of nitrogens with zero attached hydrogens (tertiary/aromatic N) is 1. The van der Waals surface area contributed by atoms with Gasteiger partial charge in [-0.2, -0.15) is 0 Å². The number of hydrogen-bond acceptors (Lipinski definition) is 2. The number of rotatable bonds is 4. The van der Waals surface area contributed by atoms with Crippen molar-refractivity contribution in [3.63, 3.8) is 0 Å². The number of fused-ring (bicyclic) bond motifs is 2. The lowest BCUT2D eigenvalue weighted by Crippen LogP contribution is -2.41. The number of Topliss-reactive ketones (excluding diaryl/α,β-unsaturated/α-hetero) is 1. The van der Waals surface area contributed by atoms with Crippen LogP contribution in [0.15, 0.2) is 12.7 Å². The predicted octanol–water partition coefficient (Wildman–Crippen LogP) is 2.39. The van der Waals surface area contributed by atoms with E-state index in [0.29, 0.717) is 30.2 Å². The molecule has 2 unspecified atom stereocenters. The minimum absolute atomic E-state index is 0.346. The van der Waals surface area contributed by atoms with E-state index in [-0.39, 0.29) is 0 Å². The molecule has 84 valence electrons. The van der Waals surface area contributed by atoms with E-state index >= 15 is 0 Å². The fourth-order valence-corrected chi connectivity index (χ4v) is 3.12. The van der Waals surface area contributed by atoms with Gasteiger partial charge in [0.25, 0.3) is 0 Å². The Hall–Kier alpha value is -0.630. The Morgan fingerprint density at radius 3 is 2.53 bits per heavy atom. The van der Waals surface area contributed by atoms with E-state index in [1.54, 1.807) is 0 Å². The summed E-state index contributed by atoms with van der Waals surface area (Å²) in [5, 5.41) is 0. The van der Waals surface area contributed by atoms with Crippen molar-refractivity contribution in [3.8, 4) is 0 Å². The zero-order chi connectivity index (χ0) is 10.8. The fourth-order valence-electron chi connectivity index (χ4n) is 3.12. The van der Waals surface area contributed by atoms with Crippen LogP contribution in [0.3, 0.4) is 0 Å². The molecule has 2 atom stereocenters. The number of piperidine rings is 1.